The van der Waals surface area contributed by atoms with Crippen molar-refractivity contribution in [2.24, 2.45) is 0 Å². The van der Waals surface area contributed by atoms with Crippen LogP contribution in [-0.2, 0) is 165 Å². The first-order valence-electron chi connectivity index (χ1n) is 34.9. The topological polar surface area (TPSA) is 544 Å². The quantitative estimate of drug-likeness (QED) is 0.0303. The minimum atomic E-state index is -2.86. The number of ether oxygens (including phenoxy) is 16. The second-order valence-corrected chi connectivity index (χ2v) is 25.9. The van der Waals surface area contributed by atoms with Gasteiger partial charge in [-0.15, -0.1) is 0 Å². The summed E-state index contributed by atoms with van der Waals surface area (Å²) in [5.74, 6) is -26.7. The molecule has 0 radical (unpaired) electrons. The maximum absolute atomic E-state index is 15.1. The molecule has 2 heterocycles. The van der Waals surface area contributed by atoms with E-state index in [1.807, 2.05) is 0 Å². The molecule has 40 heteroatoms. The molecule has 2 aliphatic heterocycles. The maximum atomic E-state index is 15.1. The highest BCUT2D eigenvalue weighted by atomic mass is 16.7. The van der Waals surface area contributed by atoms with E-state index in [0.717, 1.165) is 115 Å². The molecule has 2 aliphatic rings. The number of benzene rings is 3. The number of rotatable bonds is 36. The van der Waals surface area contributed by atoms with Crippen molar-refractivity contribution in [3.05, 3.63) is 107 Å². The molecule has 0 saturated carbocycles. The third-order valence-corrected chi connectivity index (χ3v) is 16.3. The van der Waals surface area contributed by atoms with Crippen LogP contribution in [0.5, 0.6) is 0 Å². The summed E-state index contributed by atoms with van der Waals surface area (Å²) in [5.41, 5.74) is -0.377. The van der Waals surface area contributed by atoms with Crippen molar-refractivity contribution in [3.8, 4) is 0 Å². The molecule has 622 valence electrons. The van der Waals surface area contributed by atoms with E-state index in [9.17, 15) is 86.9 Å². The van der Waals surface area contributed by atoms with Crippen molar-refractivity contribution in [1.82, 2.24) is 21.3 Å². The molecule has 40 nitrogen and oxygen atoms in total. The van der Waals surface area contributed by atoms with E-state index in [-0.39, 0.29) is 11.1 Å². The standard InChI is InChI=1S/C74H90N4O36/c1-35(79)99-33-55(101-37(3)81)59(105-41(7)85)61(107-43(9)87)65(111-47(13)91)71(95)75-31-53-57(103-39(5)83)63(109-45(11)89)67(73(97,113-53)29-49-22-17-15-18-23-49)77-69(93)51-26-21-27-52(28-51)70(94)78-68-64(110-46(12)90)58(104-40(6)84)54(114-74(68,98)30-50-24-19-16-20-25-50)32-76-72(96)66(112-48(14)92)62(108-44(10)88)60(106-42(8)86)56(102-38(4)82)34-100-36(2)80/h15-28,53-68,97-98H,29-34H2,1-14H3,(H,75,95)(H,76,96)(H,77,93)(H,78,94)/t53-,54-,55+,56+,57-,58-,59-,60-,61+,62+,63+,64+,65+,66+,67-,68-,73+,74+/m1/s1. The number of carbonyl (C=O) groups excluding carboxylic acids is 18. The van der Waals surface area contributed by atoms with Gasteiger partial charge in [-0.05, 0) is 29.3 Å². The van der Waals surface area contributed by atoms with Crippen LogP contribution in [0.1, 0.15) is 129 Å². The van der Waals surface area contributed by atoms with Gasteiger partial charge >= 0.3 is 83.6 Å². The van der Waals surface area contributed by atoms with Crippen molar-refractivity contribution in [3.63, 3.8) is 0 Å². The predicted octanol–water partition coefficient (Wildman–Crippen LogP) is -0.917. The molecule has 5 rings (SSSR count). The van der Waals surface area contributed by atoms with E-state index in [4.69, 9.17) is 75.8 Å². The summed E-state index contributed by atoms with van der Waals surface area (Å²) in [4.78, 5) is 238. The fourth-order valence-electron chi connectivity index (χ4n) is 12.3. The van der Waals surface area contributed by atoms with Crippen LogP contribution in [0.4, 0.5) is 0 Å². The Labute approximate surface area is 650 Å². The third-order valence-electron chi connectivity index (χ3n) is 16.3. The fourth-order valence-corrected chi connectivity index (χ4v) is 12.3. The molecular formula is C74H90N4O36. The lowest BCUT2D eigenvalue weighted by molar-refractivity contribution is -0.314. The van der Waals surface area contributed by atoms with Gasteiger partial charge in [0.1, 0.15) is 37.5 Å². The van der Waals surface area contributed by atoms with E-state index < -0.39 is 267 Å². The van der Waals surface area contributed by atoms with E-state index in [0.29, 0.717) is 0 Å². The fraction of sp³-hybridized carbons (Fsp3) is 0.514. The van der Waals surface area contributed by atoms with Crippen molar-refractivity contribution in [2.45, 2.75) is 219 Å². The van der Waals surface area contributed by atoms with Crippen LogP contribution in [0.3, 0.4) is 0 Å². The Hall–Kier alpha value is -12.0. The predicted molar refractivity (Wildman–Crippen MR) is 375 cm³/mol. The molecule has 0 aliphatic carbocycles. The maximum Gasteiger partial charge on any atom is 0.303 e. The zero-order valence-corrected chi connectivity index (χ0v) is 64.3. The Bertz CT molecular complexity index is 3780. The van der Waals surface area contributed by atoms with Crippen molar-refractivity contribution >= 4 is 107 Å². The minimum absolute atomic E-state index is 0.258. The third kappa shape index (κ3) is 28.3. The number of hydrogen-bond donors (Lipinski definition) is 6. The van der Waals surface area contributed by atoms with E-state index >= 15 is 9.59 Å². The lowest BCUT2D eigenvalue weighted by Gasteiger charge is -2.50. The molecule has 3 aromatic rings. The van der Waals surface area contributed by atoms with Crippen LogP contribution in [0.25, 0.3) is 0 Å². The highest BCUT2D eigenvalue weighted by Gasteiger charge is 2.61. The van der Waals surface area contributed by atoms with Gasteiger partial charge in [0, 0.05) is 134 Å². The molecule has 6 N–H and O–H groups in total. The van der Waals surface area contributed by atoms with Gasteiger partial charge in [0.25, 0.3) is 23.6 Å². The number of aliphatic hydroxyl groups is 2. The van der Waals surface area contributed by atoms with Gasteiger partial charge in [0.15, 0.2) is 72.6 Å². The summed E-state index contributed by atoms with van der Waals surface area (Å²) in [5, 5.41) is 36.0. The molecule has 4 amide bonds. The van der Waals surface area contributed by atoms with Crippen molar-refractivity contribution < 1.29 is 172 Å². The average molecular weight is 1610 g/mol. The highest BCUT2D eigenvalue weighted by molar-refractivity contribution is 6.00. The van der Waals surface area contributed by atoms with Gasteiger partial charge in [0.2, 0.25) is 12.2 Å². The normalized spacial score (nSPS) is 22.2. The summed E-state index contributed by atoms with van der Waals surface area (Å²) in [6.45, 7) is 8.67. The number of nitrogens with one attached hydrogen (secondary N) is 4. The Morgan fingerprint density at radius 1 is 0.351 bits per heavy atom. The van der Waals surface area contributed by atoms with Gasteiger partial charge in [0.05, 0.1) is 0 Å². The Morgan fingerprint density at radius 3 is 0.921 bits per heavy atom. The monoisotopic (exact) mass is 1610 g/mol. The summed E-state index contributed by atoms with van der Waals surface area (Å²) in [7, 11) is 0. The van der Waals surface area contributed by atoms with Crippen LogP contribution < -0.4 is 21.3 Å². The summed E-state index contributed by atoms with van der Waals surface area (Å²) < 4.78 is 88.6. The smallest absolute Gasteiger partial charge is 0.303 e. The first-order valence-corrected chi connectivity index (χ1v) is 34.9. The molecule has 0 bridgehead atoms. The first-order chi connectivity index (χ1) is 53.4. The zero-order valence-electron chi connectivity index (χ0n) is 64.3. The average Bonchev–Trinajstić information content (AvgIpc) is 0.756. The molecule has 18 atom stereocenters. The van der Waals surface area contributed by atoms with Crippen LogP contribution in [0.2, 0.25) is 0 Å². The summed E-state index contributed by atoms with van der Waals surface area (Å²) >= 11 is 0. The molecule has 3 aromatic carbocycles. The lowest BCUT2D eigenvalue weighted by Crippen LogP contribution is -2.73. The number of hydrogen-bond acceptors (Lipinski definition) is 36. The van der Waals surface area contributed by atoms with Crippen molar-refractivity contribution in [1.29, 1.82) is 0 Å². The van der Waals surface area contributed by atoms with Gasteiger partial charge in [-0.25, -0.2) is 0 Å². The lowest BCUT2D eigenvalue weighted by atomic mass is 9.85. The van der Waals surface area contributed by atoms with E-state index in [2.05, 4.69) is 21.3 Å². The van der Waals surface area contributed by atoms with Gasteiger partial charge in [-0.3, -0.25) is 86.3 Å². The second kappa shape index (κ2) is 42.6. The summed E-state index contributed by atoms with van der Waals surface area (Å²) in [6.07, 6.45) is -30.4. The number of esters is 14. The largest absolute Gasteiger partial charge is 0.462 e. The SMILES string of the molecule is CC(=O)OC[C@H](OC(C)=O)[C@@H](OC(C)=O)[C@H](OC(C)=O)[C@H](OC(C)=O)C(=O)NC[C@H]1O[C@@](O)(Cc2ccccc2)[C@H](NC(=O)c2cccc(C(=O)N[C@@H]3[C@@H](OC(C)=O)[C@H](OC(C)=O)[C@@H](CNC(=O)[C@@H](OC(C)=O)[C@@H](OC(C)=O)[C@H](OC(C)=O)[C@H](COC(C)=O)OC(C)=O)O[C@@]3(O)Cc3ccccc3)c2)[C@@H](OC(C)=O)[C@@H]1OC(C)=O. The van der Waals surface area contributed by atoms with Crippen LogP contribution in [0, 0.1) is 0 Å². The summed E-state index contributed by atoms with van der Waals surface area (Å²) in [6, 6.07) is 15.7. The van der Waals surface area contributed by atoms with Crippen molar-refractivity contribution in [2.75, 3.05) is 26.3 Å². The molecule has 0 spiro atoms. The first kappa shape index (κ1) is 92.6. The number of amides is 4. The minimum Gasteiger partial charge on any atom is -0.462 e. The molecule has 2 fully saturated rings. The van der Waals surface area contributed by atoms with Crippen LogP contribution in [0.15, 0.2) is 84.9 Å². The molecule has 114 heavy (non-hydrogen) atoms. The van der Waals surface area contributed by atoms with Crippen LogP contribution >= 0.6 is 0 Å². The van der Waals surface area contributed by atoms with Crippen LogP contribution in [-0.4, -0.2) is 253 Å². The molecule has 0 aromatic heterocycles. The molecule has 2 saturated heterocycles. The molecule has 0 unspecified atom stereocenters. The zero-order chi connectivity index (χ0) is 85.2. The van der Waals surface area contributed by atoms with Gasteiger partial charge in [-0.1, -0.05) is 66.7 Å². The highest BCUT2D eigenvalue weighted by Crippen LogP contribution is 2.38. The Balaban J connectivity index is 1.60. The van der Waals surface area contributed by atoms with Gasteiger partial charge < -0.3 is 107 Å². The second-order valence-electron chi connectivity index (χ2n) is 25.9. The molecular weight excluding hydrogens is 1520 g/mol. The Kier molecular flexibility index (Phi) is 34.6. The van der Waals surface area contributed by atoms with Gasteiger partial charge in [-0.2, -0.15) is 0 Å². The van der Waals surface area contributed by atoms with E-state index in [1.54, 1.807) is 36.4 Å². The van der Waals surface area contributed by atoms with E-state index in [1.165, 1.54) is 30.3 Å². The number of carbonyl (C=O) groups is 18. The Morgan fingerprint density at radius 2 is 0.640 bits per heavy atom.